The topological polar surface area (TPSA) is 53.4 Å². The molecule has 27 heavy (non-hydrogen) atoms. The number of imidazole rings is 1. The van der Waals surface area contributed by atoms with Crippen LogP contribution in [0.5, 0.6) is 5.75 Å². The Kier molecular flexibility index (Phi) is 5.80. The largest absolute Gasteiger partial charge is 0.497 e. The number of hydrogen-bond donors (Lipinski definition) is 0. The van der Waals surface area contributed by atoms with E-state index in [4.69, 9.17) is 9.47 Å². The molecule has 0 saturated carbocycles. The number of benzene rings is 2. The number of hydrogen-bond acceptors (Lipinski definition) is 4. The first-order valence-corrected chi connectivity index (χ1v) is 8.28. The Balaban J connectivity index is 1.77. The molecule has 0 amide bonds. The lowest BCUT2D eigenvalue weighted by Gasteiger charge is -2.19. The second-order valence-corrected chi connectivity index (χ2v) is 5.94. The number of nitrogens with zero attached hydrogens (tertiary/aromatic N) is 2. The van der Waals surface area contributed by atoms with Gasteiger partial charge in [-0.25, -0.2) is 13.8 Å². The predicted molar refractivity (Wildman–Crippen MR) is 94.1 cm³/mol. The van der Waals surface area contributed by atoms with Crippen molar-refractivity contribution < 1.29 is 23.0 Å². The van der Waals surface area contributed by atoms with Gasteiger partial charge < -0.3 is 14.0 Å². The molecule has 0 aliphatic heterocycles. The number of halogens is 2. The van der Waals surface area contributed by atoms with Crippen LogP contribution in [0.1, 0.15) is 17.2 Å². The van der Waals surface area contributed by atoms with Gasteiger partial charge in [0.2, 0.25) is 0 Å². The summed E-state index contributed by atoms with van der Waals surface area (Å²) < 4.78 is 39.3. The molecule has 0 fully saturated rings. The zero-order valence-electron chi connectivity index (χ0n) is 14.6. The van der Waals surface area contributed by atoms with Crippen molar-refractivity contribution in [2.45, 2.75) is 19.1 Å². The molecule has 3 rings (SSSR count). The standard InChI is InChI=1S/C20H18F2N2O3/c1-26-16-4-2-3-14(9-16)10-20(25)27-19(12-24-8-7-23-13-24)15-5-6-17(21)18(22)11-15/h2-9,11,13,19H,10,12H2,1H3. The summed E-state index contributed by atoms with van der Waals surface area (Å²) in [4.78, 5) is 16.4. The molecule has 0 radical (unpaired) electrons. The van der Waals surface area contributed by atoms with Gasteiger partial charge in [-0.3, -0.25) is 4.79 Å². The third-order valence-electron chi connectivity index (χ3n) is 4.01. The number of rotatable bonds is 7. The number of ether oxygens (including phenoxy) is 2. The van der Waals surface area contributed by atoms with E-state index in [-0.39, 0.29) is 13.0 Å². The third-order valence-corrected chi connectivity index (χ3v) is 4.01. The lowest BCUT2D eigenvalue weighted by molar-refractivity contribution is -0.149. The van der Waals surface area contributed by atoms with Gasteiger partial charge >= 0.3 is 5.97 Å². The number of esters is 1. The summed E-state index contributed by atoms with van der Waals surface area (Å²) in [5.74, 6) is -1.80. The van der Waals surface area contributed by atoms with Crippen molar-refractivity contribution in [2.24, 2.45) is 0 Å². The van der Waals surface area contributed by atoms with Gasteiger partial charge in [0.25, 0.3) is 0 Å². The van der Waals surface area contributed by atoms with Crippen LogP contribution in [0.15, 0.2) is 61.2 Å². The summed E-state index contributed by atoms with van der Waals surface area (Å²) in [7, 11) is 1.54. The Hall–Kier alpha value is -3.22. The minimum Gasteiger partial charge on any atom is -0.497 e. The van der Waals surface area contributed by atoms with Crippen molar-refractivity contribution >= 4 is 5.97 Å². The Morgan fingerprint density at radius 1 is 1.19 bits per heavy atom. The number of carbonyl (C=O) groups excluding carboxylic acids is 1. The average molecular weight is 372 g/mol. The molecule has 1 aromatic heterocycles. The van der Waals surface area contributed by atoms with Crippen LogP contribution in [0.4, 0.5) is 8.78 Å². The van der Waals surface area contributed by atoms with Crippen LogP contribution in [-0.4, -0.2) is 22.6 Å². The normalized spacial score (nSPS) is 11.8. The van der Waals surface area contributed by atoms with Gasteiger partial charge in [0.05, 0.1) is 26.4 Å². The van der Waals surface area contributed by atoms with Crippen molar-refractivity contribution in [3.8, 4) is 5.75 Å². The monoisotopic (exact) mass is 372 g/mol. The molecule has 0 N–H and O–H groups in total. The maximum absolute atomic E-state index is 13.6. The highest BCUT2D eigenvalue weighted by atomic mass is 19.2. The highest BCUT2D eigenvalue weighted by Gasteiger charge is 2.19. The van der Waals surface area contributed by atoms with E-state index in [0.29, 0.717) is 11.3 Å². The van der Waals surface area contributed by atoms with Crippen LogP contribution < -0.4 is 4.74 Å². The summed E-state index contributed by atoms with van der Waals surface area (Å²) in [6, 6.07) is 10.5. The van der Waals surface area contributed by atoms with Crippen molar-refractivity contribution in [3.63, 3.8) is 0 Å². The molecule has 7 heteroatoms. The lowest BCUT2D eigenvalue weighted by Crippen LogP contribution is -2.18. The number of carbonyl (C=O) groups is 1. The van der Waals surface area contributed by atoms with Crippen molar-refractivity contribution in [1.82, 2.24) is 9.55 Å². The summed E-state index contributed by atoms with van der Waals surface area (Å²) >= 11 is 0. The van der Waals surface area contributed by atoms with E-state index in [2.05, 4.69) is 4.98 Å². The van der Waals surface area contributed by atoms with Gasteiger partial charge in [-0.1, -0.05) is 18.2 Å². The maximum atomic E-state index is 13.6. The van der Waals surface area contributed by atoms with Gasteiger partial charge in [0, 0.05) is 12.4 Å². The van der Waals surface area contributed by atoms with E-state index >= 15 is 0 Å². The molecule has 0 aliphatic rings. The van der Waals surface area contributed by atoms with E-state index in [1.165, 1.54) is 6.07 Å². The fourth-order valence-electron chi connectivity index (χ4n) is 2.66. The Labute approximate surface area is 155 Å². The molecule has 1 unspecified atom stereocenters. The quantitative estimate of drug-likeness (QED) is 0.594. The SMILES string of the molecule is COc1cccc(CC(=O)OC(Cn2ccnc2)c2ccc(F)c(F)c2)c1. The molecule has 2 aromatic carbocycles. The number of methoxy groups -OCH3 is 1. The van der Waals surface area contributed by atoms with Crippen LogP contribution >= 0.6 is 0 Å². The van der Waals surface area contributed by atoms with Crippen LogP contribution in [-0.2, 0) is 22.5 Å². The molecule has 5 nitrogen and oxygen atoms in total. The van der Waals surface area contributed by atoms with E-state index in [1.807, 2.05) is 0 Å². The van der Waals surface area contributed by atoms with Gasteiger partial charge in [-0.2, -0.15) is 0 Å². The molecular weight excluding hydrogens is 354 g/mol. The van der Waals surface area contributed by atoms with Crippen LogP contribution in [0.2, 0.25) is 0 Å². The van der Waals surface area contributed by atoms with Crippen molar-refractivity contribution in [2.75, 3.05) is 7.11 Å². The first-order valence-electron chi connectivity index (χ1n) is 8.28. The molecular formula is C20H18F2N2O3. The summed E-state index contributed by atoms with van der Waals surface area (Å²) in [6.07, 6.45) is 4.08. The second-order valence-electron chi connectivity index (χ2n) is 5.94. The molecule has 1 heterocycles. The Bertz CT molecular complexity index is 913. The molecule has 0 aliphatic carbocycles. The van der Waals surface area contributed by atoms with E-state index in [0.717, 1.165) is 17.7 Å². The fraction of sp³-hybridized carbons (Fsp3) is 0.200. The van der Waals surface area contributed by atoms with Crippen LogP contribution in [0, 0.1) is 11.6 Å². The Morgan fingerprint density at radius 2 is 2.04 bits per heavy atom. The maximum Gasteiger partial charge on any atom is 0.310 e. The fourth-order valence-corrected chi connectivity index (χ4v) is 2.66. The van der Waals surface area contributed by atoms with Crippen LogP contribution in [0.3, 0.4) is 0 Å². The van der Waals surface area contributed by atoms with E-state index < -0.39 is 23.7 Å². The van der Waals surface area contributed by atoms with E-state index in [1.54, 1.807) is 54.7 Å². The van der Waals surface area contributed by atoms with E-state index in [9.17, 15) is 13.6 Å². The molecule has 0 bridgehead atoms. The highest BCUT2D eigenvalue weighted by Crippen LogP contribution is 2.23. The second kappa shape index (κ2) is 8.44. The lowest BCUT2D eigenvalue weighted by atomic mass is 10.1. The smallest absolute Gasteiger partial charge is 0.310 e. The molecule has 0 spiro atoms. The summed E-state index contributed by atoms with van der Waals surface area (Å²) in [6.45, 7) is 0.231. The van der Waals surface area contributed by atoms with Gasteiger partial charge in [-0.05, 0) is 35.4 Å². The summed E-state index contributed by atoms with van der Waals surface area (Å²) in [5.41, 5.74) is 1.09. The zero-order chi connectivity index (χ0) is 19.2. The van der Waals surface area contributed by atoms with Gasteiger partial charge in [0.15, 0.2) is 11.6 Å². The molecule has 1 atom stereocenters. The van der Waals surface area contributed by atoms with Gasteiger partial charge in [0.1, 0.15) is 11.9 Å². The van der Waals surface area contributed by atoms with Gasteiger partial charge in [-0.15, -0.1) is 0 Å². The summed E-state index contributed by atoms with van der Waals surface area (Å²) in [5, 5.41) is 0. The number of aromatic nitrogens is 2. The van der Waals surface area contributed by atoms with Crippen molar-refractivity contribution in [1.29, 1.82) is 0 Å². The first kappa shape index (κ1) is 18.6. The minimum absolute atomic E-state index is 0.0291. The molecule has 140 valence electrons. The van der Waals surface area contributed by atoms with Crippen molar-refractivity contribution in [3.05, 3.63) is 83.9 Å². The zero-order valence-corrected chi connectivity index (χ0v) is 14.6. The minimum atomic E-state index is -0.994. The highest BCUT2D eigenvalue weighted by molar-refractivity contribution is 5.73. The first-order chi connectivity index (χ1) is 13.0. The molecule has 0 saturated heterocycles. The third kappa shape index (κ3) is 4.91. The molecule has 3 aromatic rings. The average Bonchev–Trinajstić information content (AvgIpc) is 3.16. The predicted octanol–water partition coefficient (Wildman–Crippen LogP) is 3.70. The van der Waals surface area contributed by atoms with Crippen LogP contribution in [0.25, 0.3) is 0 Å². The Morgan fingerprint density at radius 3 is 2.74 bits per heavy atom.